The Bertz CT molecular complexity index is 2190. The highest BCUT2D eigenvalue weighted by atomic mass is 32.1. The fraction of sp³-hybridized carbons (Fsp3) is 0.477. The van der Waals surface area contributed by atoms with E-state index in [1.165, 1.54) is 43.4 Å². The van der Waals surface area contributed by atoms with Crippen LogP contribution in [0.2, 0.25) is 0 Å². The molecule has 1 aliphatic heterocycles. The molecule has 0 saturated heterocycles. The summed E-state index contributed by atoms with van der Waals surface area (Å²) in [6.45, 7) is 8.42. The van der Waals surface area contributed by atoms with E-state index in [0.29, 0.717) is 47.0 Å². The SMILES string of the molecule is COCCC1(Cn2cc(-c3ccc(N4CCc5cccc(C(=O)Nc6nc7ccccc7s6)c5C4)nc3C(=O)OC(C)(C)C)cn2)C2CC3CC(C2)CC1C3. The van der Waals surface area contributed by atoms with E-state index in [0.717, 1.165) is 64.7 Å². The molecular weight excluding hydrogens is 709 g/mol. The number of nitrogens with zero attached hydrogens (tertiary/aromatic N) is 5. The average molecular weight is 759 g/mol. The number of rotatable bonds is 10. The van der Waals surface area contributed by atoms with Gasteiger partial charge in [0.25, 0.3) is 5.91 Å². The number of thiazole rings is 1. The predicted molar refractivity (Wildman–Crippen MR) is 215 cm³/mol. The summed E-state index contributed by atoms with van der Waals surface area (Å²) in [5, 5.41) is 8.53. The average Bonchev–Trinajstić information content (AvgIpc) is 3.80. The van der Waals surface area contributed by atoms with Crippen molar-refractivity contribution in [2.75, 3.05) is 30.5 Å². The van der Waals surface area contributed by atoms with Crippen LogP contribution in [0.1, 0.15) is 91.3 Å². The van der Waals surface area contributed by atoms with Gasteiger partial charge in [0.15, 0.2) is 10.8 Å². The zero-order valence-corrected chi connectivity index (χ0v) is 33.0. The van der Waals surface area contributed by atoms with Crippen LogP contribution in [-0.2, 0) is 29.0 Å². The number of anilines is 2. The Morgan fingerprint density at radius 1 is 0.964 bits per heavy atom. The van der Waals surface area contributed by atoms with Gasteiger partial charge in [-0.15, -0.1) is 0 Å². The predicted octanol–water partition coefficient (Wildman–Crippen LogP) is 8.80. The van der Waals surface area contributed by atoms with Crippen LogP contribution >= 0.6 is 11.3 Å². The number of amides is 1. The summed E-state index contributed by atoms with van der Waals surface area (Å²) in [7, 11) is 1.81. The van der Waals surface area contributed by atoms with Gasteiger partial charge in [0, 0.05) is 56.2 Å². The van der Waals surface area contributed by atoms with E-state index in [1.807, 2.05) is 82.6 Å². The zero-order valence-electron chi connectivity index (χ0n) is 32.2. The molecule has 1 N–H and O–H groups in total. The summed E-state index contributed by atoms with van der Waals surface area (Å²) in [4.78, 5) is 39.4. The molecule has 1 amide bonds. The van der Waals surface area contributed by atoms with Crippen molar-refractivity contribution in [1.82, 2.24) is 19.7 Å². The Morgan fingerprint density at radius 3 is 2.49 bits per heavy atom. The van der Waals surface area contributed by atoms with E-state index < -0.39 is 11.6 Å². The number of para-hydroxylation sites is 1. The molecular formula is C44H50N6O4S. The topological polar surface area (TPSA) is 111 Å². The van der Waals surface area contributed by atoms with E-state index >= 15 is 0 Å². The van der Waals surface area contributed by atoms with Gasteiger partial charge in [-0.3, -0.25) is 14.8 Å². The highest BCUT2D eigenvalue weighted by Gasteiger charge is 2.56. The first-order valence-electron chi connectivity index (χ1n) is 19.8. The second-order valence-electron chi connectivity index (χ2n) is 17.3. The molecule has 286 valence electrons. The standard InChI is InChI=1S/C44H50N6O4S/c1-43(2,3)54-41(52)39-33(30-23-45-50(24-30)26-44(15-17-53-4)31-19-27-18-28(21-31)22-32(44)20-27)12-13-38(47-39)49-16-14-29-8-7-9-34(35(29)25-49)40(51)48-42-46-36-10-5-6-11-37(36)55-42/h5-13,23-24,27-28,31-32H,14-22,25-26H2,1-4H3,(H,46,48,51). The first-order chi connectivity index (χ1) is 26.5. The first kappa shape index (κ1) is 36.1. The van der Waals surface area contributed by atoms with Crippen molar-refractivity contribution in [3.8, 4) is 11.1 Å². The van der Waals surface area contributed by atoms with E-state index in [9.17, 15) is 9.59 Å². The van der Waals surface area contributed by atoms with Crippen molar-refractivity contribution in [1.29, 1.82) is 0 Å². The van der Waals surface area contributed by atoms with Crippen LogP contribution in [0.5, 0.6) is 0 Å². The van der Waals surface area contributed by atoms with E-state index in [-0.39, 0.29) is 17.0 Å². The minimum Gasteiger partial charge on any atom is -0.455 e. The number of hydrogen-bond donors (Lipinski definition) is 1. The van der Waals surface area contributed by atoms with Crippen LogP contribution in [0, 0.1) is 29.1 Å². The van der Waals surface area contributed by atoms with E-state index in [1.54, 1.807) is 0 Å². The van der Waals surface area contributed by atoms with Crippen molar-refractivity contribution < 1.29 is 19.1 Å². The number of carbonyl (C=O) groups excluding carboxylic acids is 2. The van der Waals surface area contributed by atoms with Crippen molar-refractivity contribution in [3.63, 3.8) is 0 Å². The molecule has 4 aliphatic carbocycles. The number of ether oxygens (including phenoxy) is 2. The molecule has 2 aromatic carbocycles. The van der Waals surface area contributed by atoms with E-state index in [4.69, 9.17) is 19.6 Å². The molecule has 5 aromatic rings. The number of nitrogens with one attached hydrogen (secondary N) is 1. The van der Waals surface area contributed by atoms with Crippen LogP contribution in [0.4, 0.5) is 10.9 Å². The monoisotopic (exact) mass is 758 g/mol. The Balaban J connectivity index is 0.996. The highest BCUT2D eigenvalue weighted by Crippen LogP contribution is 2.64. The Morgan fingerprint density at radius 2 is 1.75 bits per heavy atom. The molecule has 55 heavy (non-hydrogen) atoms. The summed E-state index contributed by atoms with van der Waals surface area (Å²) in [6.07, 6.45) is 12.5. The third-order valence-electron chi connectivity index (χ3n) is 12.8. The summed E-state index contributed by atoms with van der Waals surface area (Å²) < 4.78 is 14.8. The third-order valence-corrected chi connectivity index (χ3v) is 13.7. The lowest BCUT2D eigenvalue weighted by Gasteiger charge is -2.61. The maximum Gasteiger partial charge on any atom is 0.358 e. The molecule has 3 aromatic heterocycles. The van der Waals surface area contributed by atoms with E-state index in [2.05, 4.69) is 32.1 Å². The van der Waals surface area contributed by atoms with Gasteiger partial charge >= 0.3 is 5.97 Å². The number of aromatic nitrogens is 4. The van der Waals surface area contributed by atoms with Gasteiger partial charge in [-0.1, -0.05) is 35.6 Å². The molecule has 0 unspecified atom stereocenters. The van der Waals surface area contributed by atoms with Crippen LogP contribution in [0.25, 0.3) is 21.3 Å². The van der Waals surface area contributed by atoms with Crippen LogP contribution < -0.4 is 10.2 Å². The lowest BCUT2D eigenvalue weighted by atomic mass is 9.44. The second kappa shape index (κ2) is 14.2. The Kier molecular flexibility index (Phi) is 9.28. The van der Waals surface area contributed by atoms with Crippen molar-refractivity contribution >= 4 is 44.4 Å². The highest BCUT2D eigenvalue weighted by molar-refractivity contribution is 7.22. The largest absolute Gasteiger partial charge is 0.455 e. The maximum atomic E-state index is 13.9. The third kappa shape index (κ3) is 6.94. The lowest BCUT2D eigenvalue weighted by molar-refractivity contribution is -0.130. The summed E-state index contributed by atoms with van der Waals surface area (Å²) in [5.41, 5.74) is 4.86. The van der Waals surface area contributed by atoms with Crippen molar-refractivity contribution in [3.05, 3.63) is 89.4 Å². The van der Waals surface area contributed by atoms with Crippen molar-refractivity contribution in [2.45, 2.75) is 84.4 Å². The second-order valence-corrected chi connectivity index (χ2v) is 18.4. The van der Waals surface area contributed by atoms with Gasteiger partial charge in [-0.25, -0.2) is 14.8 Å². The molecule has 4 bridgehead atoms. The molecule has 0 radical (unpaired) electrons. The Labute approximate surface area is 326 Å². The van der Waals surface area contributed by atoms with Gasteiger partial charge in [-0.05, 0) is 136 Å². The number of carbonyl (C=O) groups is 2. The summed E-state index contributed by atoms with van der Waals surface area (Å²) >= 11 is 1.46. The number of fused-ring (bicyclic) bond motifs is 2. The fourth-order valence-electron chi connectivity index (χ4n) is 10.5. The van der Waals surface area contributed by atoms with Crippen LogP contribution in [0.3, 0.4) is 0 Å². The Hall–Kier alpha value is -4.61. The number of pyridine rings is 1. The fourth-order valence-corrected chi connectivity index (χ4v) is 11.3. The normalized spacial score (nSPS) is 24.3. The minimum atomic E-state index is -0.695. The molecule has 5 aliphatic rings. The van der Waals surface area contributed by atoms with Gasteiger partial charge in [0.05, 0.1) is 16.4 Å². The van der Waals surface area contributed by atoms with Crippen LogP contribution in [0.15, 0.2) is 67.0 Å². The summed E-state index contributed by atoms with van der Waals surface area (Å²) in [5.74, 6) is 3.18. The minimum absolute atomic E-state index is 0.178. The maximum absolute atomic E-state index is 13.9. The number of esters is 1. The van der Waals surface area contributed by atoms with Gasteiger partial charge in [0.2, 0.25) is 0 Å². The quantitative estimate of drug-likeness (QED) is 0.141. The lowest BCUT2D eigenvalue weighted by Crippen LogP contribution is -2.55. The van der Waals surface area contributed by atoms with Gasteiger partial charge in [-0.2, -0.15) is 5.10 Å². The van der Waals surface area contributed by atoms with Crippen LogP contribution in [-0.4, -0.2) is 57.5 Å². The molecule has 10 nitrogen and oxygen atoms in total. The van der Waals surface area contributed by atoms with Crippen molar-refractivity contribution in [2.24, 2.45) is 29.1 Å². The van der Waals surface area contributed by atoms with Gasteiger partial charge in [0.1, 0.15) is 11.4 Å². The van der Waals surface area contributed by atoms with Gasteiger partial charge < -0.3 is 14.4 Å². The molecule has 10 rings (SSSR count). The molecule has 0 spiro atoms. The summed E-state index contributed by atoms with van der Waals surface area (Å²) in [6, 6.07) is 17.7. The molecule has 11 heteroatoms. The number of hydrogen-bond acceptors (Lipinski definition) is 9. The molecule has 4 saturated carbocycles. The molecule has 4 fully saturated rings. The molecule has 4 heterocycles. The number of benzene rings is 2. The zero-order chi connectivity index (χ0) is 37.9. The smallest absolute Gasteiger partial charge is 0.358 e. The molecule has 0 atom stereocenters. The first-order valence-corrected chi connectivity index (χ1v) is 20.7. The number of methoxy groups -OCH3 is 1.